The van der Waals surface area contributed by atoms with Crippen molar-refractivity contribution in [2.45, 2.75) is 26.2 Å². The topological polar surface area (TPSA) is 102 Å². The Balaban J connectivity index is 1.41. The lowest BCUT2D eigenvalue weighted by Crippen LogP contribution is -2.47. The smallest absolute Gasteiger partial charge is 0.337 e. The normalized spacial score (nSPS) is 12.8. The number of benzene rings is 2. The molecular formula is C23H20F4N2O6. The quantitative estimate of drug-likeness (QED) is 0.188. The number of halogens is 4. The van der Waals surface area contributed by atoms with E-state index in [0.717, 1.165) is 12.5 Å². The summed E-state index contributed by atoms with van der Waals surface area (Å²) in [6.45, 7) is -0.289. The van der Waals surface area contributed by atoms with Crippen LogP contribution in [-0.2, 0) is 30.3 Å². The van der Waals surface area contributed by atoms with Crippen LogP contribution in [0.15, 0.2) is 24.3 Å². The number of aryl methyl sites for hydroxylation is 1. The van der Waals surface area contributed by atoms with E-state index < -0.39 is 59.7 Å². The van der Waals surface area contributed by atoms with Crippen molar-refractivity contribution in [1.82, 2.24) is 4.90 Å². The molecule has 0 aromatic heterocycles. The highest BCUT2D eigenvalue weighted by Gasteiger charge is 2.29. The van der Waals surface area contributed by atoms with Gasteiger partial charge in [0.25, 0.3) is 0 Å². The van der Waals surface area contributed by atoms with E-state index in [1.54, 1.807) is 24.3 Å². The van der Waals surface area contributed by atoms with Crippen LogP contribution in [0.5, 0.6) is 5.75 Å². The van der Waals surface area contributed by atoms with E-state index in [9.17, 15) is 36.7 Å². The molecule has 0 spiro atoms. The number of nitrogens with zero attached hydrogens (tertiary/aromatic N) is 1. The number of esters is 1. The van der Waals surface area contributed by atoms with Crippen LogP contribution in [0.25, 0.3) is 0 Å². The maximum atomic E-state index is 13.7. The summed E-state index contributed by atoms with van der Waals surface area (Å²) in [6, 6.07) is 6.52. The minimum atomic E-state index is -1.87. The highest BCUT2D eigenvalue weighted by molar-refractivity contribution is 5.99. The second-order valence-electron chi connectivity index (χ2n) is 7.61. The fraction of sp³-hybridized carbons (Fsp3) is 0.304. The van der Waals surface area contributed by atoms with E-state index in [-0.39, 0.29) is 18.2 Å². The largest absolute Gasteiger partial charge is 0.418 e. The molecular weight excluding hydrogens is 476 g/mol. The molecule has 35 heavy (non-hydrogen) atoms. The zero-order valence-electron chi connectivity index (χ0n) is 18.5. The van der Waals surface area contributed by atoms with Crippen LogP contribution in [0.3, 0.4) is 0 Å². The second kappa shape index (κ2) is 11.1. The van der Waals surface area contributed by atoms with Crippen molar-refractivity contribution in [3.8, 4) is 5.75 Å². The predicted molar refractivity (Wildman–Crippen MR) is 112 cm³/mol. The number of amides is 3. The van der Waals surface area contributed by atoms with E-state index in [1.807, 2.05) is 0 Å². The van der Waals surface area contributed by atoms with Crippen LogP contribution in [0.2, 0.25) is 0 Å². The average Bonchev–Trinajstić information content (AvgIpc) is 2.82. The third-order valence-corrected chi connectivity index (χ3v) is 5.13. The van der Waals surface area contributed by atoms with Gasteiger partial charge < -0.3 is 14.8 Å². The van der Waals surface area contributed by atoms with Crippen molar-refractivity contribution in [3.63, 3.8) is 0 Å². The molecule has 3 amide bonds. The molecule has 12 heteroatoms. The standard InChI is InChI=1S/C23H20F4N2O6/c1-12-19(24)21(26)23(22(27)20(12)25)35-18(33)11-34-10-15(30)28-14-5-2-13(3-6-14)4-7-16(31)29-9-8-17(29)32/h2-3,5-6H,4,7-11H2,1H3,(H,28,30). The zero-order valence-corrected chi connectivity index (χ0v) is 18.5. The van der Waals surface area contributed by atoms with E-state index >= 15 is 0 Å². The van der Waals surface area contributed by atoms with Crippen LogP contribution in [0, 0.1) is 30.2 Å². The van der Waals surface area contributed by atoms with Crippen LogP contribution in [0.1, 0.15) is 24.0 Å². The lowest BCUT2D eigenvalue weighted by Gasteiger charge is -2.28. The van der Waals surface area contributed by atoms with Gasteiger partial charge in [-0.25, -0.2) is 13.6 Å². The Labute approximate surface area is 196 Å². The van der Waals surface area contributed by atoms with Gasteiger partial charge in [-0.3, -0.25) is 19.3 Å². The summed E-state index contributed by atoms with van der Waals surface area (Å²) in [6.07, 6.45) is 0.976. The molecule has 2 aromatic carbocycles. The van der Waals surface area contributed by atoms with E-state index in [1.165, 1.54) is 4.90 Å². The first-order valence-electron chi connectivity index (χ1n) is 10.4. The maximum absolute atomic E-state index is 13.7. The first-order valence-corrected chi connectivity index (χ1v) is 10.4. The first kappa shape index (κ1) is 25.8. The lowest BCUT2D eigenvalue weighted by atomic mass is 10.1. The molecule has 0 aliphatic carbocycles. The number of hydrogen-bond donors (Lipinski definition) is 1. The molecule has 0 atom stereocenters. The summed E-state index contributed by atoms with van der Waals surface area (Å²) < 4.78 is 63.7. The second-order valence-corrected chi connectivity index (χ2v) is 7.61. The van der Waals surface area contributed by atoms with Gasteiger partial charge in [-0.15, -0.1) is 0 Å². The molecule has 3 rings (SSSR count). The third kappa shape index (κ3) is 6.21. The molecule has 1 N–H and O–H groups in total. The minimum Gasteiger partial charge on any atom is -0.418 e. The highest BCUT2D eigenvalue weighted by atomic mass is 19.2. The van der Waals surface area contributed by atoms with Gasteiger partial charge in [0.15, 0.2) is 11.6 Å². The molecule has 186 valence electrons. The molecule has 1 saturated heterocycles. The van der Waals surface area contributed by atoms with Gasteiger partial charge in [-0.05, 0) is 31.0 Å². The van der Waals surface area contributed by atoms with Crippen LogP contribution >= 0.6 is 0 Å². The maximum Gasteiger partial charge on any atom is 0.337 e. The van der Waals surface area contributed by atoms with Gasteiger partial charge in [0.05, 0.1) is 0 Å². The van der Waals surface area contributed by atoms with Crippen LogP contribution < -0.4 is 10.1 Å². The van der Waals surface area contributed by atoms with Gasteiger partial charge in [-0.1, -0.05) is 12.1 Å². The monoisotopic (exact) mass is 496 g/mol. The number of β-lactam (4-membered cyclic amide) rings is 1. The molecule has 1 aliphatic rings. The van der Waals surface area contributed by atoms with Crippen molar-refractivity contribution < 1.29 is 46.2 Å². The molecule has 1 fully saturated rings. The Morgan fingerprint density at radius 2 is 1.60 bits per heavy atom. The number of imide groups is 1. The minimum absolute atomic E-state index is 0.178. The molecule has 0 bridgehead atoms. The molecule has 0 saturated carbocycles. The van der Waals surface area contributed by atoms with Crippen molar-refractivity contribution in [2.75, 3.05) is 25.1 Å². The third-order valence-electron chi connectivity index (χ3n) is 5.13. The summed E-state index contributed by atoms with van der Waals surface area (Å²) in [7, 11) is 0. The van der Waals surface area contributed by atoms with E-state index in [2.05, 4.69) is 10.1 Å². The van der Waals surface area contributed by atoms with Crippen LogP contribution in [-0.4, -0.2) is 48.3 Å². The van der Waals surface area contributed by atoms with Gasteiger partial charge >= 0.3 is 5.97 Å². The van der Waals surface area contributed by atoms with Crippen molar-refractivity contribution in [3.05, 3.63) is 58.7 Å². The van der Waals surface area contributed by atoms with Gasteiger partial charge in [0.1, 0.15) is 13.2 Å². The van der Waals surface area contributed by atoms with Crippen molar-refractivity contribution in [1.29, 1.82) is 0 Å². The van der Waals surface area contributed by atoms with E-state index in [4.69, 9.17) is 4.74 Å². The van der Waals surface area contributed by atoms with Crippen molar-refractivity contribution in [2.24, 2.45) is 0 Å². The molecule has 0 unspecified atom stereocenters. The first-order chi connectivity index (χ1) is 16.6. The summed E-state index contributed by atoms with van der Waals surface area (Å²) in [4.78, 5) is 48.0. The van der Waals surface area contributed by atoms with Gasteiger partial charge in [0, 0.05) is 30.6 Å². The molecule has 8 nitrogen and oxygen atoms in total. The number of nitrogens with one attached hydrogen (secondary N) is 1. The Hall–Kier alpha value is -3.80. The number of ether oxygens (including phenoxy) is 2. The number of likely N-dealkylation sites (tertiary alicyclic amines) is 1. The average molecular weight is 496 g/mol. The fourth-order valence-corrected chi connectivity index (χ4v) is 3.10. The number of carbonyl (C=O) groups excluding carboxylic acids is 4. The van der Waals surface area contributed by atoms with E-state index in [0.29, 0.717) is 25.1 Å². The summed E-state index contributed by atoms with van der Waals surface area (Å²) in [5.41, 5.74) is 0.299. The predicted octanol–water partition coefficient (Wildman–Crippen LogP) is 2.80. The van der Waals surface area contributed by atoms with Gasteiger partial charge in [0.2, 0.25) is 35.1 Å². The molecule has 1 aliphatic heterocycles. The summed E-state index contributed by atoms with van der Waals surface area (Å²) >= 11 is 0. The fourth-order valence-electron chi connectivity index (χ4n) is 3.10. The summed E-state index contributed by atoms with van der Waals surface area (Å²) in [5.74, 6) is -11.1. The van der Waals surface area contributed by atoms with Crippen molar-refractivity contribution >= 4 is 29.4 Å². The zero-order chi connectivity index (χ0) is 25.7. The Bertz CT molecular complexity index is 1140. The Morgan fingerprint density at radius 3 is 2.14 bits per heavy atom. The number of rotatable bonds is 9. The molecule has 2 aromatic rings. The number of anilines is 1. The van der Waals surface area contributed by atoms with Gasteiger partial charge in [-0.2, -0.15) is 8.78 Å². The Morgan fingerprint density at radius 1 is 0.971 bits per heavy atom. The highest BCUT2D eigenvalue weighted by Crippen LogP contribution is 2.29. The number of hydrogen-bond acceptors (Lipinski definition) is 6. The number of carbonyl (C=O) groups is 4. The molecule has 1 heterocycles. The summed E-state index contributed by atoms with van der Waals surface area (Å²) in [5, 5.41) is 2.48. The SMILES string of the molecule is Cc1c(F)c(F)c(OC(=O)COCC(=O)Nc2ccc(CCC(=O)N3CCC3=O)cc2)c(F)c1F. The van der Waals surface area contributed by atoms with Crippen LogP contribution in [0.4, 0.5) is 23.2 Å². The lowest BCUT2D eigenvalue weighted by molar-refractivity contribution is -0.152. The molecule has 0 radical (unpaired) electrons. The Kier molecular flexibility index (Phi) is 8.18.